The largest absolute Gasteiger partial charge is 0.376 e. The second kappa shape index (κ2) is 8.55. The van der Waals surface area contributed by atoms with Crippen molar-refractivity contribution in [3.8, 4) is 0 Å². The van der Waals surface area contributed by atoms with E-state index in [-0.39, 0.29) is 5.60 Å². The lowest BCUT2D eigenvalue weighted by Crippen LogP contribution is -2.32. The Morgan fingerprint density at radius 1 is 1.08 bits per heavy atom. The maximum Gasteiger partial charge on any atom is 0.0629 e. The zero-order chi connectivity index (χ0) is 10.9. The summed E-state index contributed by atoms with van der Waals surface area (Å²) in [5, 5.41) is 0. The number of hydrogen-bond donors (Lipinski definition) is 0. The van der Waals surface area contributed by atoms with Crippen LogP contribution >= 0.6 is 0 Å². The van der Waals surface area contributed by atoms with Crippen LogP contribution in [0.2, 0.25) is 0 Å². The lowest BCUT2D eigenvalue weighted by molar-refractivity contribution is -0.0690. The summed E-state index contributed by atoms with van der Waals surface area (Å²) >= 11 is 0. The molecule has 0 aliphatic carbocycles. The van der Waals surface area contributed by atoms with Crippen LogP contribution < -0.4 is 0 Å². The highest BCUT2D eigenvalue weighted by atomic mass is 16.5. The predicted molar refractivity (Wildman–Crippen MR) is 61.1 cm³/mol. The van der Waals surface area contributed by atoms with E-state index in [0.29, 0.717) is 0 Å². The van der Waals surface area contributed by atoms with Gasteiger partial charge in [0.2, 0.25) is 0 Å². The average molecular weight is 188 g/mol. The number of rotatable bonds is 0. The van der Waals surface area contributed by atoms with Crippen molar-refractivity contribution in [2.24, 2.45) is 5.92 Å². The minimum Gasteiger partial charge on any atom is -0.376 e. The molecule has 0 spiro atoms. The standard InChI is InChI=1S/C8H16O.2C2H6/c1-7-4-5-9-8(2,3)6-7;2*1-2/h7H,4-6H2,1-3H3;2*1-2H3. The van der Waals surface area contributed by atoms with Gasteiger partial charge in [-0.05, 0) is 32.6 Å². The molecule has 0 aromatic carbocycles. The van der Waals surface area contributed by atoms with E-state index < -0.39 is 0 Å². The van der Waals surface area contributed by atoms with Crippen molar-refractivity contribution in [3.05, 3.63) is 0 Å². The van der Waals surface area contributed by atoms with Crippen molar-refractivity contribution in [1.29, 1.82) is 0 Å². The first-order valence-electron chi connectivity index (χ1n) is 5.74. The summed E-state index contributed by atoms with van der Waals surface area (Å²) in [5.41, 5.74) is 0.150. The van der Waals surface area contributed by atoms with Crippen LogP contribution in [0.1, 0.15) is 61.3 Å². The first-order chi connectivity index (χ1) is 6.10. The molecule has 0 aromatic heterocycles. The van der Waals surface area contributed by atoms with Gasteiger partial charge in [-0.25, -0.2) is 0 Å². The molecule has 13 heavy (non-hydrogen) atoms. The monoisotopic (exact) mass is 188 g/mol. The second-order valence-corrected chi connectivity index (χ2v) is 3.71. The molecule has 0 amide bonds. The third kappa shape index (κ3) is 8.29. The Labute approximate surface area is 84.9 Å². The first kappa shape index (κ1) is 15.4. The molecule has 1 heterocycles. The molecule has 1 saturated heterocycles. The summed E-state index contributed by atoms with van der Waals surface area (Å²) in [5.74, 6) is 0.855. The topological polar surface area (TPSA) is 9.23 Å². The maximum atomic E-state index is 5.54. The average Bonchev–Trinajstić information content (AvgIpc) is 2.09. The van der Waals surface area contributed by atoms with Crippen LogP contribution in [0, 0.1) is 5.92 Å². The van der Waals surface area contributed by atoms with Crippen molar-refractivity contribution < 1.29 is 4.74 Å². The minimum atomic E-state index is 0.150. The molecule has 0 bridgehead atoms. The summed E-state index contributed by atoms with van der Waals surface area (Å²) in [7, 11) is 0. The highest BCUT2D eigenvalue weighted by molar-refractivity contribution is 4.75. The summed E-state index contributed by atoms with van der Waals surface area (Å²) in [6, 6.07) is 0. The van der Waals surface area contributed by atoms with E-state index in [0.717, 1.165) is 12.5 Å². The van der Waals surface area contributed by atoms with E-state index in [1.807, 2.05) is 27.7 Å². The Hall–Kier alpha value is -0.0400. The number of ether oxygens (including phenoxy) is 1. The Bertz CT molecular complexity index is 97.3. The van der Waals surface area contributed by atoms with Crippen LogP contribution in [0.5, 0.6) is 0 Å². The van der Waals surface area contributed by atoms with Crippen molar-refractivity contribution in [2.75, 3.05) is 6.61 Å². The maximum absolute atomic E-state index is 5.54. The molecular formula is C12H28O. The van der Waals surface area contributed by atoms with Crippen LogP contribution in [0.15, 0.2) is 0 Å². The van der Waals surface area contributed by atoms with Crippen LogP contribution in [-0.4, -0.2) is 12.2 Å². The van der Waals surface area contributed by atoms with E-state index in [9.17, 15) is 0 Å². The molecule has 0 N–H and O–H groups in total. The molecule has 1 nitrogen and oxygen atoms in total. The Kier molecular flexibility index (Phi) is 10.2. The number of hydrogen-bond acceptors (Lipinski definition) is 1. The summed E-state index contributed by atoms with van der Waals surface area (Å²) in [6.07, 6.45) is 2.45. The molecule has 1 rings (SSSR count). The highest BCUT2D eigenvalue weighted by Crippen LogP contribution is 2.27. The normalized spacial score (nSPS) is 24.7. The van der Waals surface area contributed by atoms with Crippen molar-refractivity contribution >= 4 is 0 Å². The summed E-state index contributed by atoms with van der Waals surface area (Å²) in [4.78, 5) is 0. The van der Waals surface area contributed by atoms with Gasteiger partial charge in [-0.1, -0.05) is 34.6 Å². The molecule has 82 valence electrons. The molecule has 1 fully saturated rings. The molecule has 1 unspecified atom stereocenters. The van der Waals surface area contributed by atoms with Gasteiger partial charge in [-0.3, -0.25) is 0 Å². The quantitative estimate of drug-likeness (QED) is 0.552. The van der Waals surface area contributed by atoms with Crippen molar-refractivity contribution in [2.45, 2.75) is 66.9 Å². The van der Waals surface area contributed by atoms with E-state index in [1.54, 1.807) is 0 Å². The van der Waals surface area contributed by atoms with Gasteiger partial charge in [-0.2, -0.15) is 0 Å². The van der Waals surface area contributed by atoms with Crippen LogP contribution in [0.3, 0.4) is 0 Å². The van der Waals surface area contributed by atoms with Gasteiger partial charge in [0.1, 0.15) is 0 Å². The molecule has 1 atom stereocenters. The molecule has 1 heteroatoms. The van der Waals surface area contributed by atoms with Gasteiger partial charge < -0.3 is 4.74 Å². The SMILES string of the molecule is CC.CC.CC1CCOC(C)(C)C1. The van der Waals surface area contributed by atoms with E-state index in [1.165, 1.54) is 12.8 Å². The zero-order valence-corrected chi connectivity index (χ0v) is 10.6. The fourth-order valence-electron chi connectivity index (χ4n) is 1.54. The summed E-state index contributed by atoms with van der Waals surface area (Å²) < 4.78 is 5.54. The van der Waals surface area contributed by atoms with Gasteiger partial charge >= 0.3 is 0 Å². The van der Waals surface area contributed by atoms with E-state index >= 15 is 0 Å². The molecule has 0 saturated carbocycles. The smallest absolute Gasteiger partial charge is 0.0629 e. The van der Waals surface area contributed by atoms with Crippen molar-refractivity contribution in [1.82, 2.24) is 0 Å². The van der Waals surface area contributed by atoms with Crippen LogP contribution in [-0.2, 0) is 4.74 Å². The van der Waals surface area contributed by atoms with Gasteiger partial charge in [0.05, 0.1) is 5.60 Å². The predicted octanol–water partition coefficient (Wildman–Crippen LogP) is 4.26. The van der Waals surface area contributed by atoms with Gasteiger partial charge in [0, 0.05) is 6.61 Å². The molecule has 1 aliphatic heterocycles. The third-order valence-corrected chi connectivity index (χ3v) is 1.94. The molecule has 1 aliphatic rings. The Balaban J connectivity index is 0. The molecule has 0 radical (unpaired) electrons. The summed E-state index contributed by atoms with van der Waals surface area (Å²) in [6.45, 7) is 15.6. The fraction of sp³-hybridized carbons (Fsp3) is 1.00. The third-order valence-electron chi connectivity index (χ3n) is 1.94. The fourth-order valence-corrected chi connectivity index (χ4v) is 1.54. The highest BCUT2D eigenvalue weighted by Gasteiger charge is 2.25. The van der Waals surface area contributed by atoms with Gasteiger partial charge in [-0.15, -0.1) is 0 Å². The van der Waals surface area contributed by atoms with E-state index in [2.05, 4.69) is 20.8 Å². The molecular weight excluding hydrogens is 160 g/mol. The Morgan fingerprint density at radius 3 is 1.77 bits per heavy atom. The van der Waals surface area contributed by atoms with Gasteiger partial charge in [0.25, 0.3) is 0 Å². The lowest BCUT2D eigenvalue weighted by atomic mass is 9.90. The van der Waals surface area contributed by atoms with Crippen molar-refractivity contribution in [3.63, 3.8) is 0 Å². The lowest BCUT2D eigenvalue weighted by Gasteiger charge is -2.33. The van der Waals surface area contributed by atoms with E-state index in [4.69, 9.17) is 4.74 Å². The second-order valence-electron chi connectivity index (χ2n) is 3.71. The van der Waals surface area contributed by atoms with Crippen LogP contribution in [0.25, 0.3) is 0 Å². The zero-order valence-electron chi connectivity index (χ0n) is 10.6. The molecule has 0 aromatic rings. The van der Waals surface area contributed by atoms with Gasteiger partial charge in [0.15, 0.2) is 0 Å². The first-order valence-corrected chi connectivity index (χ1v) is 5.74. The minimum absolute atomic E-state index is 0.150. The Morgan fingerprint density at radius 2 is 1.54 bits per heavy atom. The van der Waals surface area contributed by atoms with Crippen LogP contribution in [0.4, 0.5) is 0 Å².